The van der Waals surface area contributed by atoms with E-state index in [2.05, 4.69) is 26.0 Å². The second-order valence-corrected chi connectivity index (χ2v) is 3.81. The molecule has 0 aliphatic heterocycles. The van der Waals surface area contributed by atoms with Crippen molar-refractivity contribution in [1.29, 1.82) is 0 Å². The van der Waals surface area contributed by atoms with Gasteiger partial charge in [-0.25, -0.2) is 0 Å². The molecule has 0 radical (unpaired) electrons. The predicted octanol–water partition coefficient (Wildman–Crippen LogP) is 3.32. The van der Waals surface area contributed by atoms with E-state index in [1.165, 1.54) is 0 Å². The molecule has 0 unspecified atom stereocenters. The van der Waals surface area contributed by atoms with Gasteiger partial charge in [0, 0.05) is 11.5 Å². The van der Waals surface area contributed by atoms with Crippen LogP contribution in [0.25, 0.3) is 10.4 Å². The summed E-state index contributed by atoms with van der Waals surface area (Å²) in [7, 11) is 3.19. The molecular formula is C10H12BrN3O2. The lowest BCUT2D eigenvalue weighted by atomic mass is 10.1. The average Bonchev–Trinajstić information content (AvgIpc) is 2.31. The number of rotatable bonds is 5. The minimum Gasteiger partial charge on any atom is -0.495 e. The van der Waals surface area contributed by atoms with Crippen molar-refractivity contribution >= 4 is 15.9 Å². The molecule has 0 aliphatic carbocycles. The molecule has 5 nitrogen and oxygen atoms in total. The van der Waals surface area contributed by atoms with Gasteiger partial charge in [0.2, 0.25) is 0 Å². The SMILES string of the molecule is COc1cc(CCN=[N+]=[N-])cc(OC)c1Br. The Bertz CT molecular complexity index is 392. The summed E-state index contributed by atoms with van der Waals surface area (Å²) in [5, 5.41) is 3.49. The topological polar surface area (TPSA) is 67.2 Å². The highest BCUT2D eigenvalue weighted by atomic mass is 79.9. The molecule has 86 valence electrons. The van der Waals surface area contributed by atoms with Gasteiger partial charge in [0.05, 0.1) is 14.2 Å². The van der Waals surface area contributed by atoms with Gasteiger partial charge in [-0.05, 0) is 45.6 Å². The number of hydrogen-bond donors (Lipinski definition) is 0. The maximum atomic E-state index is 8.19. The quantitative estimate of drug-likeness (QED) is 0.473. The number of halogens is 1. The minimum atomic E-state index is 0.421. The molecule has 0 bridgehead atoms. The molecule has 0 saturated carbocycles. The molecule has 0 fully saturated rings. The highest BCUT2D eigenvalue weighted by molar-refractivity contribution is 9.10. The van der Waals surface area contributed by atoms with Crippen molar-refractivity contribution in [3.05, 3.63) is 32.6 Å². The summed E-state index contributed by atoms with van der Waals surface area (Å²) < 4.78 is 11.2. The fraction of sp³-hybridized carbons (Fsp3) is 0.400. The molecule has 0 saturated heterocycles. The van der Waals surface area contributed by atoms with E-state index >= 15 is 0 Å². The van der Waals surface area contributed by atoms with Crippen molar-refractivity contribution in [1.82, 2.24) is 0 Å². The summed E-state index contributed by atoms with van der Waals surface area (Å²) >= 11 is 3.39. The van der Waals surface area contributed by atoms with Crippen LogP contribution in [0.2, 0.25) is 0 Å². The van der Waals surface area contributed by atoms with Crippen LogP contribution in [-0.2, 0) is 6.42 Å². The van der Waals surface area contributed by atoms with E-state index in [4.69, 9.17) is 15.0 Å². The van der Waals surface area contributed by atoms with Crippen LogP contribution in [-0.4, -0.2) is 20.8 Å². The number of hydrogen-bond acceptors (Lipinski definition) is 3. The van der Waals surface area contributed by atoms with Gasteiger partial charge in [0.15, 0.2) is 0 Å². The molecule has 6 heteroatoms. The van der Waals surface area contributed by atoms with Crippen molar-refractivity contribution in [2.45, 2.75) is 6.42 Å². The van der Waals surface area contributed by atoms with Crippen molar-refractivity contribution in [3.63, 3.8) is 0 Å². The molecular weight excluding hydrogens is 274 g/mol. The van der Waals surface area contributed by atoms with Gasteiger partial charge in [0.25, 0.3) is 0 Å². The van der Waals surface area contributed by atoms with Gasteiger partial charge in [0.1, 0.15) is 16.0 Å². The number of ether oxygens (including phenoxy) is 2. The van der Waals surface area contributed by atoms with Crippen LogP contribution in [0.4, 0.5) is 0 Å². The Hall–Kier alpha value is -1.39. The zero-order chi connectivity index (χ0) is 12.0. The van der Waals surface area contributed by atoms with Crippen LogP contribution in [0.15, 0.2) is 21.7 Å². The highest BCUT2D eigenvalue weighted by Gasteiger charge is 2.09. The van der Waals surface area contributed by atoms with E-state index < -0.39 is 0 Å². The van der Waals surface area contributed by atoms with Crippen molar-refractivity contribution < 1.29 is 9.47 Å². The zero-order valence-electron chi connectivity index (χ0n) is 9.11. The van der Waals surface area contributed by atoms with Crippen molar-refractivity contribution in [2.24, 2.45) is 5.11 Å². The van der Waals surface area contributed by atoms with Gasteiger partial charge in [-0.2, -0.15) is 0 Å². The number of methoxy groups -OCH3 is 2. The number of nitrogens with zero attached hydrogens (tertiary/aromatic N) is 3. The Labute approximate surface area is 102 Å². The third-order valence-electron chi connectivity index (χ3n) is 2.07. The summed E-state index contributed by atoms with van der Waals surface area (Å²) in [4.78, 5) is 2.71. The molecule has 0 aromatic heterocycles. The molecule has 0 N–H and O–H groups in total. The van der Waals surface area contributed by atoms with E-state index in [0.29, 0.717) is 24.5 Å². The molecule has 0 atom stereocenters. The van der Waals surface area contributed by atoms with Crippen LogP contribution < -0.4 is 9.47 Å². The smallest absolute Gasteiger partial charge is 0.137 e. The van der Waals surface area contributed by atoms with Gasteiger partial charge >= 0.3 is 0 Å². The molecule has 1 rings (SSSR count). The molecule has 1 aromatic carbocycles. The van der Waals surface area contributed by atoms with E-state index in [1.54, 1.807) is 14.2 Å². The predicted molar refractivity (Wildman–Crippen MR) is 65.0 cm³/mol. The first-order valence-corrected chi connectivity index (χ1v) is 5.43. The van der Waals surface area contributed by atoms with Gasteiger partial charge in [-0.15, -0.1) is 0 Å². The van der Waals surface area contributed by atoms with Crippen molar-refractivity contribution in [3.8, 4) is 11.5 Å². The Morgan fingerprint density at radius 2 is 1.88 bits per heavy atom. The van der Waals surface area contributed by atoms with Gasteiger partial charge in [-0.1, -0.05) is 5.11 Å². The Balaban J connectivity index is 2.97. The molecule has 0 amide bonds. The maximum absolute atomic E-state index is 8.19. The summed E-state index contributed by atoms with van der Waals surface area (Å²) in [6.07, 6.45) is 0.657. The molecule has 1 aromatic rings. The monoisotopic (exact) mass is 285 g/mol. The van der Waals surface area contributed by atoms with Crippen LogP contribution >= 0.6 is 15.9 Å². The van der Waals surface area contributed by atoms with Crippen LogP contribution in [0, 0.1) is 0 Å². The normalized spacial score (nSPS) is 9.44. The Kier molecular flexibility index (Phi) is 4.95. The zero-order valence-corrected chi connectivity index (χ0v) is 10.7. The average molecular weight is 286 g/mol. The second-order valence-electron chi connectivity index (χ2n) is 3.02. The molecule has 0 heterocycles. The van der Waals surface area contributed by atoms with Crippen molar-refractivity contribution in [2.75, 3.05) is 20.8 Å². The van der Waals surface area contributed by atoms with Crippen LogP contribution in [0.1, 0.15) is 5.56 Å². The second kappa shape index (κ2) is 6.25. The van der Waals surface area contributed by atoms with Crippen LogP contribution in [0.3, 0.4) is 0 Å². The van der Waals surface area contributed by atoms with Crippen LogP contribution in [0.5, 0.6) is 11.5 Å². The lowest BCUT2D eigenvalue weighted by molar-refractivity contribution is 0.388. The van der Waals surface area contributed by atoms with Gasteiger partial charge < -0.3 is 9.47 Å². The summed E-state index contributed by atoms with van der Waals surface area (Å²) in [6, 6.07) is 3.78. The lowest BCUT2D eigenvalue weighted by Crippen LogP contribution is -1.95. The molecule has 0 spiro atoms. The first-order chi connectivity index (χ1) is 7.72. The van der Waals surface area contributed by atoms with E-state index in [9.17, 15) is 0 Å². The van der Waals surface area contributed by atoms with E-state index in [1.807, 2.05) is 12.1 Å². The summed E-state index contributed by atoms with van der Waals surface area (Å²) in [6.45, 7) is 0.421. The molecule has 16 heavy (non-hydrogen) atoms. The van der Waals surface area contributed by atoms with E-state index in [0.717, 1.165) is 10.0 Å². The maximum Gasteiger partial charge on any atom is 0.137 e. The lowest BCUT2D eigenvalue weighted by Gasteiger charge is -2.10. The first kappa shape index (κ1) is 12.7. The molecule has 0 aliphatic rings. The number of benzene rings is 1. The Morgan fingerprint density at radius 3 is 2.31 bits per heavy atom. The standard InChI is InChI=1S/C10H12BrN3O2/c1-15-8-5-7(3-4-13-14-12)6-9(16-2)10(8)11/h5-6H,3-4H2,1-2H3. The third kappa shape index (κ3) is 3.05. The highest BCUT2D eigenvalue weighted by Crippen LogP contribution is 2.35. The first-order valence-electron chi connectivity index (χ1n) is 4.64. The summed E-state index contributed by atoms with van der Waals surface area (Å²) in [5.74, 6) is 1.41. The largest absolute Gasteiger partial charge is 0.495 e. The Morgan fingerprint density at radius 1 is 1.31 bits per heavy atom. The van der Waals surface area contributed by atoms with Gasteiger partial charge in [-0.3, -0.25) is 0 Å². The third-order valence-corrected chi connectivity index (χ3v) is 2.85. The van der Waals surface area contributed by atoms with E-state index in [-0.39, 0.29) is 0 Å². The number of azide groups is 1. The fourth-order valence-electron chi connectivity index (χ4n) is 1.29. The fourth-order valence-corrected chi connectivity index (χ4v) is 1.84. The summed E-state index contributed by atoms with van der Waals surface area (Å²) in [5.41, 5.74) is 9.20. The minimum absolute atomic E-state index is 0.421.